The lowest BCUT2D eigenvalue weighted by Crippen LogP contribution is -2.57. The number of hydrogen-bond acceptors (Lipinski definition) is 7. The number of carbonyl (C=O) groups is 3. The number of nitrogens with zero attached hydrogens (tertiary/aromatic N) is 1. The Kier molecular flexibility index (Phi) is 6.87. The number of ketones is 1. The van der Waals surface area contributed by atoms with Gasteiger partial charge in [0, 0.05) is 5.41 Å². The van der Waals surface area contributed by atoms with Crippen LogP contribution in [0.4, 0.5) is 0 Å². The lowest BCUT2D eigenvalue weighted by molar-refractivity contribution is -0.159. The van der Waals surface area contributed by atoms with Gasteiger partial charge in [-0.15, -0.1) is 0 Å². The molecule has 4 aliphatic carbocycles. The van der Waals surface area contributed by atoms with Gasteiger partial charge in [-0.25, -0.2) is 4.79 Å². The summed E-state index contributed by atoms with van der Waals surface area (Å²) in [5, 5.41) is 35.5. The summed E-state index contributed by atoms with van der Waals surface area (Å²) in [5.74, 6) is -0.696. The van der Waals surface area contributed by atoms with E-state index in [0.717, 1.165) is 50.7 Å². The molecule has 0 saturated heterocycles. The molecule has 0 spiro atoms. The molecule has 0 heterocycles. The van der Waals surface area contributed by atoms with Crippen LogP contribution in [0.1, 0.15) is 72.1 Å². The first kappa shape index (κ1) is 25.8. The zero-order valence-corrected chi connectivity index (χ0v) is 20.9. The fourth-order valence-electron chi connectivity index (χ4n) is 7.83. The molecular weight excluding hydrogens is 452 g/mol. The molecule has 0 aliphatic heterocycles. The van der Waals surface area contributed by atoms with Crippen LogP contribution < -0.4 is 5.32 Å². The smallest absolute Gasteiger partial charge is 0.328 e. The lowest BCUT2D eigenvalue weighted by atomic mass is 9.46. The van der Waals surface area contributed by atoms with Crippen molar-refractivity contribution in [2.75, 3.05) is 13.2 Å². The largest absolute Gasteiger partial charge is 0.480 e. The Morgan fingerprint density at radius 2 is 1.86 bits per heavy atom. The Hall–Kier alpha value is -2.26. The molecule has 0 bridgehead atoms. The number of aliphatic carboxylic acids is 1. The van der Waals surface area contributed by atoms with E-state index in [-0.39, 0.29) is 16.6 Å². The molecule has 7 atom stereocenters. The fourth-order valence-corrected chi connectivity index (χ4v) is 7.83. The third kappa shape index (κ3) is 4.20. The monoisotopic (exact) mass is 490 g/mol. The summed E-state index contributed by atoms with van der Waals surface area (Å²) >= 11 is 0. The Morgan fingerprint density at radius 3 is 2.51 bits per heavy atom. The van der Waals surface area contributed by atoms with E-state index >= 15 is 0 Å². The number of aliphatic hydroxyl groups excluding tert-OH is 1. The molecule has 0 unspecified atom stereocenters. The number of Topliss-reactive ketones (excluding diaryl/α,β-unsaturated/α-hetero) is 1. The molecule has 35 heavy (non-hydrogen) atoms. The standard InChI is InChI=1S/C26H38N2O7/c1-15(30)26(34)11-8-20-18-5-4-16-12-17(28-35-14-22(31)27-21(13-29)23(32)33)6-9-24(16,2)19(18)7-10-25(20,26)3/h12,18-21,29,34H,4-11,13-14H2,1-3H3,(H,27,31)(H,32,33)/t18-,19+,20+,21-,24+,25+,26+/m1/s1. The average Bonchev–Trinajstić information content (AvgIpc) is 3.09. The number of carbonyl (C=O) groups excluding carboxylic acids is 2. The summed E-state index contributed by atoms with van der Waals surface area (Å²) in [6.07, 6.45) is 9.07. The molecule has 1 amide bonds. The number of hydrogen-bond donors (Lipinski definition) is 4. The van der Waals surface area contributed by atoms with E-state index in [1.807, 2.05) is 0 Å². The summed E-state index contributed by atoms with van der Waals surface area (Å²) in [4.78, 5) is 40.4. The van der Waals surface area contributed by atoms with Gasteiger partial charge < -0.3 is 25.5 Å². The zero-order valence-electron chi connectivity index (χ0n) is 20.9. The maximum absolute atomic E-state index is 12.4. The van der Waals surface area contributed by atoms with Crippen molar-refractivity contribution >= 4 is 23.4 Å². The van der Waals surface area contributed by atoms with E-state index in [1.54, 1.807) is 0 Å². The number of carboxylic acids is 1. The SMILES string of the molecule is CC(=O)[C@@]1(O)CC[C@H]2[C@@H]3CCC4=CC(=NOCC(=O)N[C@H](CO)C(=O)O)CC[C@]4(C)[C@H]3CC[C@@]21C. The van der Waals surface area contributed by atoms with E-state index in [9.17, 15) is 19.5 Å². The number of amides is 1. The summed E-state index contributed by atoms with van der Waals surface area (Å²) in [7, 11) is 0. The first-order valence-corrected chi connectivity index (χ1v) is 12.7. The van der Waals surface area contributed by atoms with Crippen LogP contribution in [0.2, 0.25) is 0 Å². The van der Waals surface area contributed by atoms with Crippen molar-refractivity contribution in [3.63, 3.8) is 0 Å². The molecule has 4 rings (SSSR count). The van der Waals surface area contributed by atoms with E-state index < -0.39 is 36.7 Å². The summed E-state index contributed by atoms with van der Waals surface area (Å²) in [6, 6.07) is -1.37. The zero-order chi connectivity index (χ0) is 25.6. The highest BCUT2D eigenvalue weighted by Crippen LogP contribution is 2.67. The summed E-state index contributed by atoms with van der Waals surface area (Å²) < 4.78 is 0. The molecule has 4 aliphatic rings. The van der Waals surface area contributed by atoms with Crippen molar-refractivity contribution in [3.05, 3.63) is 11.6 Å². The van der Waals surface area contributed by atoms with Crippen LogP contribution in [0.15, 0.2) is 16.8 Å². The van der Waals surface area contributed by atoms with Crippen LogP contribution in [-0.4, -0.2) is 63.5 Å². The first-order chi connectivity index (χ1) is 16.5. The Labute approximate surface area is 206 Å². The molecular formula is C26H38N2O7. The van der Waals surface area contributed by atoms with E-state index in [4.69, 9.17) is 15.1 Å². The van der Waals surface area contributed by atoms with Crippen molar-refractivity contribution in [2.24, 2.45) is 33.7 Å². The van der Waals surface area contributed by atoms with Crippen LogP contribution in [0.3, 0.4) is 0 Å². The van der Waals surface area contributed by atoms with Crippen molar-refractivity contribution in [1.82, 2.24) is 5.32 Å². The highest BCUT2D eigenvalue weighted by molar-refractivity contribution is 5.96. The Balaban J connectivity index is 1.43. The van der Waals surface area contributed by atoms with Gasteiger partial charge >= 0.3 is 5.97 Å². The van der Waals surface area contributed by atoms with E-state index in [2.05, 4.69) is 30.4 Å². The Bertz CT molecular complexity index is 961. The minimum atomic E-state index is -1.37. The van der Waals surface area contributed by atoms with Crippen molar-refractivity contribution < 1.29 is 34.5 Å². The van der Waals surface area contributed by atoms with Crippen LogP contribution in [-0.2, 0) is 19.2 Å². The number of oxime groups is 1. The number of aliphatic hydroxyl groups is 2. The lowest BCUT2D eigenvalue weighted by Gasteiger charge is -2.59. The highest BCUT2D eigenvalue weighted by Gasteiger charge is 2.65. The predicted octanol–water partition coefficient (Wildman–Crippen LogP) is 2.20. The Morgan fingerprint density at radius 1 is 1.14 bits per heavy atom. The van der Waals surface area contributed by atoms with Gasteiger partial charge in [0.25, 0.3) is 5.91 Å². The normalized spacial score (nSPS) is 40.1. The second-order valence-electron chi connectivity index (χ2n) is 11.4. The van der Waals surface area contributed by atoms with Gasteiger partial charge in [-0.3, -0.25) is 9.59 Å². The average molecular weight is 491 g/mol. The topological polar surface area (TPSA) is 146 Å². The number of fused-ring (bicyclic) bond motifs is 5. The number of carboxylic acid groups (broad SMARTS) is 1. The predicted molar refractivity (Wildman–Crippen MR) is 127 cm³/mol. The van der Waals surface area contributed by atoms with Gasteiger partial charge in [-0.1, -0.05) is 24.6 Å². The van der Waals surface area contributed by atoms with E-state index in [1.165, 1.54) is 12.5 Å². The number of allylic oxidation sites excluding steroid dienone is 2. The van der Waals surface area contributed by atoms with Gasteiger partial charge in [0.1, 0.15) is 11.6 Å². The molecule has 0 aromatic heterocycles. The van der Waals surface area contributed by atoms with Gasteiger partial charge in [-0.05, 0) is 87.5 Å². The van der Waals surface area contributed by atoms with Crippen LogP contribution in [0, 0.1) is 28.6 Å². The highest BCUT2D eigenvalue weighted by atomic mass is 16.6. The minimum Gasteiger partial charge on any atom is -0.480 e. The van der Waals surface area contributed by atoms with Gasteiger partial charge in [0.05, 0.1) is 12.3 Å². The van der Waals surface area contributed by atoms with E-state index in [0.29, 0.717) is 24.2 Å². The fraction of sp³-hybridized carbons (Fsp3) is 0.769. The van der Waals surface area contributed by atoms with Gasteiger partial charge in [0.15, 0.2) is 12.4 Å². The van der Waals surface area contributed by atoms with Crippen LogP contribution in [0.25, 0.3) is 0 Å². The van der Waals surface area contributed by atoms with Crippen molar-refractivity contribution in [3.8, 4) is 0 Å². The maximum atomic E-state index is 12.4. The molecule has 3 fully saturated rings. The first-order valence-electron chi connectivity index (χ1n) is 12.7. The quantitative estimate of drug-likeness (QED) is 0.400. The molecule has 9 nitrogen and oxygen atoms in total. The van der Waals surface area contributed by atoms with Gasteiger partial charge in [0.2, 0.25) is 0 Å². The van der Waals surface area contributed by atoms with Crippen LogP contribution in [0.5, 0.6) is 0 Å². The second-order valence-corrected chi connectivity index (χ2v) is 11.4. The number of rotatable bonds is 7. The summed E-state index contributed by atoms with van der Waals surface area (Å²) in [5.41, 5.74) is 0.632. The second kappa shape index (κ2) is 9.32. The maximum Gasteiger partial charge on any atom is 0.328 e. The molecule has 4 N–H and O–H groups in total. The molecule has 9 heteroatoms. The van der Waals surface area contributed by atoms with Gasteiger partial charge in [-0.2, -0.15) is 0 Å². The molecule has 3 saturated carbocycles. The molecule has 0 aromatic carbocycles. The minimum absolute atomic E-state index is 0.0490. The third-order valence-corrected chi connectivity index (χ3v) is 9.90. The number of nitrogens with one attached hydrogen (secondary N) is 1. The molecule has 0 aromatic rings. The third-order valence-electron chi connectivity index (χ3n) is 9.90. The molecule has 0 radical (unpaired) electrons. The van der Waals surface area contributed by atoms with Crippen molar-refractivity contribution in [1.29, 1.82) is 0 Å². The van der Waals surface area contributed by atoms with Crippen molar-refractivity contribution in [2.45, 2.75) is 83.8 Å². The summed E-state index contributed by atoms with van der Waals surface area (Å²) in [6.45, 7) is 4.90. The molecule has 194 valence electrons. The van der Waals surface area contributed by atoms with Crippen LogP contribution >= 0.6 is 0 Å².